The van der Waals surface area contributed by atoms with Gasteiger partial charge in [0, 0.05) is 20.2 Å². The third-order valence-corrected chi connectivity index (χ3v) is 2.34. The summed E-state index contributed by atoms with van der Waals surface area (Å²) in [7, 11) is 2.61. The Morgan fingerprint density at radius 1 is 1.37 bits per heavy atom. The fourth-order valence-corrected chi connectivity index (χ4v) is 1.30. The van der Waals surface area contributed by atoms with E-state index in [1.165, 1.54) is 33.4 Å². The number of nitrogens with zero attached hydrogens (tertiary/aromatic N) is 2. The number of aromatic nitrogens is 2. The molecule has 0 atom stereocenters. The molecule has 0 aromatic carbocycles. The normalized spacial score (nSPS) is 10.7. The lowest BCUT2D eigenvalue weighted by Crippen LogP contribution is -2.20. The SMILES string of the molecule is CCCCC.CNC(=O)c1cc(C(F)(F)F)nn1C. The Morgan fingerprint density at radius 3 is 2.16 bits per heavy atom. The van der Waals surface area contributed by atoms with Gasteiger partial charge in [-0.2, -0.15) is 18.3 Å². The minimum Gasteiger partial charge on any atom is -0.354 e. The van der Waals surface area contributed by atoms with Crippen molar-refractivity contribution in [3.8, 4) is 0 Å². The van der Waals surface area contributed by atoms with Crippen LogP contribution in [-0.2, 0) is 13.2 Å². The molecule has 7 heteroatoms. The molecule has 110 valence electrons. The number of rotatable bonds is 3. The van der Waals surface area contributed by atoms with Gasteiger partial charge in [-0.05, 0) is 0 Å². The van der Waals surface area contributed by atoms with Crippen molar-refractivity contribution in [3.63, 3.8) is 0 Å². The van der Waals surface area contributed by atoms with Gasteiger partial charge >= 0.3 is 6.18 Å². The molecule has 0 aliphatic heterocycles. The summed E-state index contributed by atoms with van der Waals surface area (Å²) in [5.41, 5.74) is -1.20. The minimum atomic E-state index is -4.52. The van der Waals surface area contributed by atoms with Gasteiger partial charge in [-0.25, -0.2) is 0 Å². The fraction of sp³-hybridized carbons (Fsp3) is 0.667. The van der Waals surface area contributed by atoms with E-state index in [9.17, 15) is 18.0 Å². The molecule has 4 nitrogen and oxygen atoms in total. The number of amides is 1. The number of nitrogens with one attached hydrogen (secondary N) is 1. The summed E-state index contributed by atoms with van der Waals surface area (Å²) < 4.78 is 37.3. The van der Waals surface area contributed by atoms with Crippen molar-refractivity contribution < 1.29 is 18.0 Å². The molecule has 0 unspecified atom stereocenters. The second kappa shape index (κ2) is 7.81. The summed E-state index contributed by atoms with van der Waals surface area (Å²) in [5.74, 6) is -0.601. The lowest BCUT2D eigenvalue weighted by Gasteiger charge is -1.98. The van der Waals surface area contributed by atoms with E-state index in [-0.39, 0.29) is 5.69 Å². The molecule has 1 aromatic rings. The van der Waals surface area contributed by atoms with E-state index in [2.05, 4.69) is 24.3 Å². The first-order valence-electron chi connectivity index (χ1n) is 6.11. The van der Waals surface area contributed by atoms with Crippen molar-refractivity contribution in [2.75, 3.05) is 7.05 Å². The van der Waals surface area contributed by atoms with E-state index in [1.54, 1.807) is 0 Å². The first-order valence-corrected chi connectivity index (χ1v) is 6.11. The van der Waals surface area contributed by atoms with E-state index < -0.39 is 17.8 Å². The van der Waals surface area contributed by atoms with Gasteiger partial charge in [0.1, 0.15) is 5.69 Å². The molecule has 0 fully saturated rings. The summed E-state index contributed by atoms with van der Waals surface area (Å²) in [5, 5.41) is 5.40. The number of aryl methyl sites for hydroxylation is 1. The molecule has 0 bridgehead atoms. The Morgan fingerprint density at radius 2 is 1.89 bits per heavy atom. The van der Waals surface area contributed by atoms with Crippen molar-refractivity contribution in [1.29, 1.82) is 0 Å². The maximum Gasteiger partial charge on any atom is 0.435 e. The van der Waals surface area contributed by atoms with Gasteiger partial charge in [-0.1, -0.05) is 33.1 Å². The molecule has 19 heavy (non-hydrogen) atoms. The van der Waals surface area contributed by atoms with E-state index in [0.717, 1.165) is 4.68 Å². The first-order chi connectivity index (χ1) is 8.77. The highest BCUT2D eigenvalue weighted by Crippen LogP contribution is 2.28. The number of hydrogen-bond donors (Lipinski definition) is 1. The van der Waals surface area contributed by atoms with Crippen molar-refractivity contribution >= 4 is 5.91 Å². The Labute approximate surface area is 111 Å². The van der Waals surface area contributed by atoms with E-state index in [1.807, 2.05) is 0 Å². The van der Waals surface area contributed by atoms with Crippen LogP contribution in [0.2, 0.25) is 0 Å². The van der Waals surface area contributed by atoms with Gasteiger partial charge in [-0.3, -0.25) is 9.48 Å². The second-order valence-electron chi connectivity index (χ2n) is 3.97. The Kier molecular flexibility index (Phi) is 7.18. The number of unbranched alkanes of at least 4 members (excludes halogenated alkanes) is 2. The minimum absolute atomic E-state index is 0.125. The maximum absolute atomic E-state index is 12.1. The number of alkyl halides is 3. The van der Waals surface area contributed by atoms with Crippen LogP contribution in [0.15, 0.2) is 6.07 Å². The third-order valence-electron chi connectivity index (χ3n) is 2.34. The average Bonchev–Trinajstić information content (AvgIpc) is 2.72. The molecule has 0 aliphatic rings. The van der Waals surface area contributed by atoms with Gasteiger partial charge in [0.25, 0.3) is 5.91 Å². The molecule has 0 spiro atoms. The lowest BCUT2D eigenvalue weighted by molar-refractivity contribution is -0.141. The van der Waals surface area contributed by atoms with Crippen LogP contribution in [0.1, 0.15) is 49.3 Å². The zero-order chi connectivity index (χ0) is 15.1. The lowest BCUT2D eigenvalue weighted by atomic mass is 10.3. The van der Waals surface area contributed by atoms with Gasteiger partial charge in [0.2, 0.25) is 0 Å². The number of carbonyl (C=O) groups excluding carboxylic acids is 1. The molecule has 1 aromatic heterocycles. The first kappa shape index (κ1) is 17.5. The van der Waals surface area contributed by atoms with Gasteiger partial charge in [-0.15, -0.1) is 0 Å². The molecular formula is C12H20F3N3O. The Bertz CT molecular complexity index is 397. The summed E-state index contributed by atoms with van der Waals surface area (Å²) in [6.07, 6.45) is -0.447. The van der Waals surface area contributed by atoms with Crippen LogP contribution in [0.5, 0.6) is 0 Å². The molecular weight excluding hydrogens is 259 g/mol. The summed E-state index contributed by atoms with van der Waals surface area (Å²) in [4.78, 5) is 11.0. The van der Waals surface area contributed by atoms with E-state index in [0.29, 0.717) is 6.07 Å². The molecule has 1 amide bonds. The summed E-state index contributed by atoms with van der Waals surface area (Å²) >= 11 is 0. The van der Waals surface area contributed by atoms with Crippen LogP contribution in [0.4, 0.5) is 13.2 Å². The highest BCUT2D eigenvalue weighted by Gasteiger charge is 2.35. The molecule has 1 rings (SSSR count). The highest BCUT2D eigenvalue weighted by atomic mass is 19.4. The van der Waals surface area contributed by atoms with Crippen LogP contribution in [0, 0.1) is 0 Å². The molecule has 1 heterocycles. The molecule has 1 N–H and O–H groups in total. The number of hydrogen-bond acceptors (Lipinski definition) is 2. The monoisotopic (exact) mass is 279 g/mol. The second-order valence-corrected chi connectivity index (χ2v) is 3.97. The van der Waals surface area contributed by atoms with Gasteiger partial charge in [0.15, 0.2) is 5.69 Å². The van der Waals surface area contributed by atoms with E-state index in [4.69, 9.17) is 0 Å². The van der Waals surface area contributed by atoms with Crippen LogP contribution in [-0.4, -0.2) is 22.7 Å². The highest BCUT2D eigenvalue weighted by molar-refractivity contribution is 5.92. The van der Waals surface area contributed by atoms with Crippen molar-refractivity contribution in [2.45, 2.75) is 39.3 Å². The zero-order valence-corrected chi connectivity index (χ0v) is 11.6. The third kappa shape index (κ3) is 5.76. The summed E-state index contributed by atoms with van der Waals surface area (Å²) in [6, 6.07) is 0.707. The molecule has 0 saturated carbocycles. The van der Waals surface area contributed by atoms with Crippen LogP contribution in [0.3, 0.4) is 0 Å². The fourth-order valence-electron chi connectivity index (χ4n) is 1.30. The smallest absolute Gasteiger partial charge is 0.354 e. The van der Waals surface area contributed by atoms with Crippen molar-refractivity contribution in [3.05, 3.63) is 17.5 Å². The maximum atomic E-state index is 12.1. The summed E-state index contributed by atoms with van der Waals surface area (Å²) in [6.45, 7) is 4.42. The predicted molar refractivity (Wildman–Crippen MR) is 66.8 cm³/mol. The van der Waals surface area contributed by atoms with E-state index >= 15 is 0 Å². The van der Waals surface area contributed by atoms with Crippen LogP contribution in [0.25, 0.3) is 0 Å². The average molecular weight is 279 g/mol. The number of carbonyl (C=O) groups is 1. The van der Waals surface area contributed by atoms with Crippen LogP contribution < -0.4 is 5.32 Å². The standard InChI is InChI=1S/C7H8F3N3O.C5H12/c1-11-6(14)4-3-5(7(8,9)10)12-13(4)2;1-3-5-4-2/h3H,1-2H3,(H,11,14);3-5H2,1-2H3. The quantitative estimate of drug-likeness (QED) is 0.924. The molecule has 0 saturated heterocycles. The van der Waals surface area contributed by atoms with Gasteiger partial charge in [0.05, 0.1) is 0 Å². The predicted octanol–water partition coefficient (Wildman–Crippen LogP) is 3.00. The van der Waals surface area contributed by atoms with Crippen molar-refractivity contribution in [2.24, 2.45) is 7.05 Å². The Hall–Kier alpha value is -1.53. The van der Waals surface area contributed by atoms with Gasteiger partial charge < -0.3 is 5.32 Å². The number of halogens is 3. The molecule has 0 radical (unpaired) electrons. The molecule has 0 aliphatic carbocycles. The largest absolute Gasteiger partial charge is 0.435 e. The zero-order valence-electron chi connectivity index (χ0n) is 11.6. The Balaban J connectivity index is 0.000000555. The van der Waals surface area contributed by atoms with Crippen molar-refractivity contribution in [1.82, 2.24) is 15.1 Å². The van der Waals surface area contributed by atoms with Crippen LogP contribution >= 0.6 is 0 Å². The topological polar surface area (TPSA) is 46.9 Å².